The summed E-state index contributed by atoms with van der Waals surface area (Å²) in [5.74, 6) is -13.5. The summed E-state index contributed by atoms with van der Waals surface area (Å²) in [5, 5.41) is 8.98. The van der Waals surface area contributed by atoms with Crippen LogP contribution in [0, 0.1) is 29.1 Å². The summed E-state index contributed by atoms with van der Waals surface area (Å²) in [4.78, 5) is 23.0. The second kappa shape index (κ2) is 6.62. The lowest BCUT2D eigenvalue weighted by Crippen LogP contribution is -2.47. The van der Waals surface area contributed by atoms with Crippen molar-refractivity contribution in [2.75, 3.05) is 4.90 Å². The number of carbonyl (C=O) groups excluding carboxylic acids is 1. The molecular formula is C14H14F5NO4. The second-order valence-electron chi connectivity index (χ2n) is 5.78. The maximum absolute atomic E-state index is 13.9. The molecule has 0 aromatic heterocycles. The highest BCUT2D eigenvalue weighted by Crippen LogP contribution is 2.32. The van der Waals surface area contributed by atoms with E-state index >= 15 is 0 Å². The van der Waals surface area contributed by atoms with E-state index in [-0.39, 0.29) is 4.90 Å². The number of halogens is 5. The largest absolute Gasteiger partial charge is 0.480 e. The quantitative estimate of drug-likeness (QED) is 0.511. The first-order chi connectivity index (χ1) is 10.8. The molecule has 0 bridgehead atoms. The fourth-order valence-electron chi connectivity index (χ4n) is 1.67. The molecule has 10 heteroatoms. The predicted octanol–water partition coefficient (Wildman–Crippen LogP) is 3.60. The highest BCUT2D eigenvalue weighted by Gasteiger charge is 2.38. The van der Waals surface area contributed by atoms with E-state index in [1.807, 2.05) is 0 Å². The van der Waals surface area contributed by atoms with Gasteiger partial charge in [-0.3, -0.25) is 4.90 Å². The molecule has 0 spiro atoms. The summed E-state index contributed by atoms with van der Waals surface area (Å²) in [7, 11) is 0. The number of carboxylic acid groups (broad SMARTS) is 1. The Labute approximate surface area is 133 Å². The molecule has 0 aliphatic heterocycles. The van der Waals surface area contributed by atoms with Crippen molar-refractivity contribution in [2.24, 2.45) is 0 Å². The van der Waals surface area contributed by atoms with Gasteiger partial charge < -0.3 is 9.84 Å². The standard InChI is InChI=1S/C14H14F5NO4/c1-5(12(21)22)20(13(23)24-14(2,3)4)11-9(18)7(16)6(15)8(17)10(11)19/h5H,1-4H3,(H,21,22)/t5-/m1/s1. The van der Waals surface area contributed by atoms with Crippen LogP contribution in [0.15, 0.2) is 0 Å². The number of carbonyl (C=O) groups is 2. The number of rotatable bonds is 3. The van der Waals surface area contributed by atoms with Gasteiger partial charge in [0, 0.05) is 0 Å². The lowest BCUT2D eigenvalue weighted by atomic mass is 10.2. The Kier molecular flexibility index (Phi) is 5.42. The van der Waals surface area contributed by atoms with Crippen LogP contribution in [-0.4, -0.2) is 28.8 Å². The molecule has 1 aromatic carbocycles. The topological polar surface area (TPSA) is 66.8 Å². The summed E-state index contributed by atoms with van der Waals surface area (Å²) >= 11 is 0. The van der Waals surface area contributed by atoms with Crippen molar-refractivity contribution in [3.63, 3.8) is 0 Å². The number of amides is 1. The third kappa shape index (κ3) is 3.74. The Morgan fingerprint density at radius 1 is 0.958 bits per heavy atom. The van der Waals surface area contributed by atoms with E-state index in [0.29, 0.717) is 0 Å². The van der Waals surface area contributed by atoms with E-state index in [0.717, 1.165) is 6.92 Å². The van der Waals surface area contributed by atoms with Gasteiger partial charge in [-0.2, -0.15) is 0 Å². The Morgan fingerprint density at radius 3 is 1.67 bits per heavy atom. The van der Waals surface area contributed by atoms with Crippen molar-refractivity contribution in [2.45, 2.75) is 39.3 Å². The van der Waals surface area contributed by atoms with E-state index in [1.165, 1.54) is 20.8 Å². The van der Waals surface area contributed by atoms with Gasteiger partial charge in [-0.05, 0) is 27.7 Å². The van der Waals surface area contributed by atoms with E-state index in [2.05, 4.69) is 0 Å². The molecule has 0 unspecified atom stereocenters. The average Bonchev–Trinajstić information content (AvgIpc) is 2.44. The summed E-state index contributed by atoms with van der Waals surface area (Å²) in [6, 6.07) is -1.96. The lowest BCUT2D eigenvalue weighted by molar-refractivity contribution is -0.138. The molecule has 1 amide bonds. The van der Waals surface area contributed by atoms with Crippen LogP contribution in [0.25, 0.3) is 0 Å². The summed E-state index contributed by atoms with van der Waals surface area (Å²) in [5.41, 5.74) is -2.91. The van der Waals surface area contributed by atoms with Crippen LogP contribution in [0.5, 0.6) is 0 Å². The molecule has 5 nitrogen and oxygen atoms in total. The Hall–Kier alpha value is -2.39. The molecule has 1 aromatic rings. The van der Waals surface area contributed by atoms with Gasteiger partial charge in [0.25, 0.3) is 0 Å². The molecule has 0 aliphatic carbocycles. The lowest BCUT2D eigenvalue weighted by Gasteiger charge is -2.30. The fraction of sp³-hybridized carbons (Fsp3) is 0.429. The van der Waals surface area contributed by atoms with E-state index in [9.17, 15) is 31.5 Å². The Morgan fingerprint density at radius 2 is 1.33 bits per heavy atom. The maximum atomic E-state index is 13.9. The van der Waals surface area contributed by atoms with Gasteiger partial charge in [-0.15, -0.1) is 0 Å². The van der Waals surface area contributed by atoms with Gasteiger partial charge in [0.1, 0.15) is 17.3 Å². The van der Waals surface area contributed by atoms with Gasteiger partial charge >= 0.3 is 12.1 Å². The summed E-state index contributed by atoms with van der Waals surface area (Å²) in [6.07, 6.45) is -1.58. The average molecular weight is 355 g/mol. The molecular weight excluding hydrogens is 341 g/mol. The zero-order valence-electron chi connectivity index (χ0n) is 13.1. The fourth-order valence-corrected chi connectivity index (χ4v) is 1.67. The van der Waals surface area contributed by atoms with Gasteiger partial charge in [0.15, 0.2) is 23.3 Å². The zero-order chi connectivity index (χ0) is 19.0. The van der Waals surface area contributed by atoms with Gasteiger partial charge in [-0.25, -0.2) is 31.5 Å². The predicted molar refractivity (Wildman–Crippen MR) is 72.0 cm³/mol. The van der Waals surface area contributed by atoms with Crippen LogP contribution >= 0.6 is 0 Å². The number of anilines is 1. The molecule has 0 aliphatic rings. The number of benzene rings is 1. The molecule has 1 rings (SSSR count). The number of ether oxygens (including phenoxy) is 1. The van der Waals surface area contributed by atoms with Gasteiger partial charge in [-0.1, -0.05) is 0 Å². The summed E-state index contributed by atoms with van der Waals surface area (Å²) in [6.45, 7) is 4.93. The van der Waals surface area contributed by atoms with E-state index in [4.69, 9.17) is 9.84 Å². The third-order valence-corrected chi connectivity index (χ3v) is 2.76. The maximum Gasteiger partial charge on any atom is 0.415 e. The van der Waals surface area contributed by atoms with Crippen molar-refractivity contribution in [3.8, 4) is 0 Å². The first-order valence-corrected chi connectivity index (χ1v) is 6.56. The minimum atomic E-state index is -2.43. The van der Waals surface area contributed by atoms with Gasteiger partial charge in [0.05, 0.1) is 0 Å². The number of hydrogen-bond donors (Lipinski definition) is 1. The SMILES string of the molecule is C[C@H](C(=O)O)N(C(=O)OC(C)(C)C)c1c(F)c(F)c(F)c(F)c1F. The third-order valence-electron chi connectivity index (χ3n) is 2.76. The van der Waals surface area contributed by atoms with Crippen molar-refractivity contribution in [1.29, 1.82) is 0 Å². The van der Waals surface area contributed by atoms with Crippen molar-refractivity contribution in [1.82, 2.24) is 0 Å². The van der Waals surface area contributed by atoms with E-state index in [1.54, 1.807) is 0 Å². The number of nitrogens with zero attached hydrogens (tertiary/aromatic N) is 1. The van der Waals surface area contributed by atoms with Crippen LogP contribution < -0.4 is 4.90 Å². The molecule has 1 N–H and O–H groups in total. The van der Waals surface area contributed by atoms with Crippen LogP contribution in [0.2, 0.25) is 0 Å². The van der Waals surface area contributed by atoms with Crippen molar-refractivity contribution in [3.05, 3.63) is 29.1 Å². The molecule has 1 atom stereocenters. The second-order valence-corrected chi connectivity index (χ2v) is 5.78. The monoisotopic (exact) mass is 355 g/mol. The first-order valence-electron chi connectivity index (χ1n) is 6.56. The normalized spacial score (nSPS) is 12.7. The minimum Gasteiger partial charge on any atom is -0.480 e. The highest BCUT2D eigenvalue weighted by atomic mass is 19.2. The van der Waals surface area contributed by atoms with Gasteiger partial charge in [0.2, 0.25) is 5.82 Å². The molecule has 134 valence electrons. The molecule has 0 heterocycles. The molecule has 0 saturated heterocycles. The highest BCUT2D eigenvalue weighted by molar-refractivity contribution is 5.95. The van der Waals surface area contributed by atoms with Crippen LogP contribution in [0.1, 0.15) is 27.7 Å². The smallest absolute Gasteiger partial charge is 0.415 e. The van der Waals surface area contributed by atoms with Crippen molar-refractivity contribution >= 4 is 17.7 Å². The van der Waals surface area contributed by atoms with Crippen LogP contribution in [0.3, 0.4) is 0 Å². The number of aliphatic carboxylic acids is 1. The van der Waals surface area contributed by atoms with Crippen LogP contribution in [0.4, 0.5) is 32.4 Å². The molecule has 24 heavy (non-hydrogen) atoms. The molecule has 0 fully saturated rings. The molecule has 0 radical (unpaired) electrons. The van der Waals surface area contributed by atoms with E-state index < -0.39 is 58.5 Å². The summed E-state index contributed by atoms with van der Waals surface area (Å²) < 4.78 is 72.4. The molecule has 0 saturated carbocycles. The Bertz CT molecular complexity index is 658. The minimum absolute atomic E-state index is 0.135. The Balaban J connectivity index is 3.63. The first kappa shape index (κ1) is 19.7. The zero-order valence-corrected chi connectivity index (χ0v) is 13.1. The number of carboxylic acids is 1. The van der Waals surface area contributed by atoms with Crippen LogP contribution in [-0.2, 0) is 9.53 Å². The van der Waals surface area contributed by atoms with Crippen molar-refractivity contribution < 1.29 is 41.4 Å². The number of hydrogen-bond acceptors (Lipinski definition) is 3.